The molecule has 1 N–H and O–H groups in total. The van der Waals surface area contributed by atoms with E-state index in [4.69, 9.17) is 4.74 Å². The van der Waals surface area contributed by atoms with Crippen molar-refractivity contribution in [2.45, 2.75) is 96.1 Å². The van der Waals surface area contributed by atoms with E-state index >= 15 is 0 Å². The zero-order valence-corrected chi connectivity index (χ0v) is 19.9. The highest BCUT2D eigenvalue weighted by molar-refractivity contribution is 9.10. The fraction of sp³-hybridized carbons (Fsp3) is 0.917. The van der Waals surface area contributed by atoms with E-state index in [1.54, 1.807) is 6.92 Å². The molecule has 164 valence electrons. The number of Topliss-reactive ketones (excluding diaryl/α,β-unsaturated/α-hetero) is 1. The Labute approximate surface area is 183 Å². The third kappa shape index (κ3) is 3.43. The molecule has 0 aromatic carbocycles. The highest BCUT2D eigenvalue weighted by Crippen LogP contribution is 2.68. The number of aliphatic hydroxyl groups is 1. The third-order valence-corrected chi connectivity index (χ3v) is 10.0. The lowest BCUT2D eigenvalue weighted by Gasteiger charge is -2.62. The van der Waals surface area contributed by atoms with Gasteiger partial charge < -0.3 is 9.84 Å². The van der Waals surface area contributed by atoms with Crippen molar-refractivity contribution in [1.82, 2.24) is 0 Å². The van der Waals surface area contributed by atoms with Crippen LogP contribution in [0.3, 0.4) is 0 Å². The van der Waals surface area contributed by atoms with Gasteiger partial charge in [0.2, 0.25) is 0 Å². The van der Waals surface area contributed by atoms with Crippen LogP contribution in [-0.4, -0.2) is 33.9 Å². The van der Waals surface area contributed by atoms with Crippen LogP contribution < -0.4 is 0 Å². The minimum absolute atomic E-state index is 0.0646. The molecule has 1 unspecified atom stereocenters. The number of halogens is 1. The number of rotatable bonds is 3. The maximum Gasteiger partial charge on any atom is 0.319 e. The molecule has 0 aliphatic heterocycles. The third-order valence-electron chi connectivity index (χ3n) is 9.63. The lowest BCUT2D eigenvalue weighted by Crippen LogP contribution is -2.60. The van der Waals surface area contributed by atoms with Crippen LogP contribution >= 0.6 is 15.9 Å². The van der Waals surface area contributed by atoms with Gasteiger partial charge in [0, 0.05) is 11.8 Å². The van der Waals surface area contributed by atoms with E-state index in [2.05, 4.69) is 29.8 Å². The number of fused-ring (bicyclic) bond motifs is 5. The Morgan fingerprint density at radius 3 is 2.48 bits per heavy atom. The number of alkyl halides is 1. The lowest BCUT2D eigenvalue weighted by molar-refractivity contribution is -0.198. The number of hydrogen-bond donors (Lipinski definition) is 1. The highest BCUT2D eigenvalue weighted by Gasteiger charge is 2.64. The molecule has 0 amide bonds. The maximum absolute atomic E-state index is 12.6. The highest BCUT2D eigenvalue weighted by atomic mass is 79.9. The van der Waals surface area contributed by atoms with E-state index in [-0.39, 0.29) is 39.8 Å². The minimum atomic E-state index is -0.320. The molecule has 0 heterocycles. The largest absolute Gasteiger partial charge is 0.461 e. The average Bonchev–Trinajstić information content (AvgIpc) is 2.98. The number of carbonyl (C=O) groups excluding carboxylic acids is 2. The zero-order valence-electron chi connectivity index (χ0n) is 18.3. The summed E-state index contributed by atoms with van der Waals surface area (Å²) in [7, 11) is 0. The maximum atomic E-state index is 12.6. The van der Waals surface area contributed by atoms with Crippen LogP contribution in [0.25, 0.3) is 0 Å². The molecule has 0 saturated heterocycles. The van der Waals surface area contributed by atoms with Gasteiger partial charge in [0.25, 0.3) is 0 Å². The summed E-state index contributed by atoms with van der Waals surface area (Å²) in [6.45, 7) is 8.26. The molecule has 4 fully saturated rings. The van der Waals surface area contributed by atoms with Gasteiger partial charge in [-0.25, -0.2) is 0 Å². The summed E-state index contributed by atoms with van der Waals surface area (Å²) in [5.41, 5.74) is 0.0448. The smallest absolute Gasteiger partial charge is 0.319 e. The first-order valence-electron chi connectivity index (χ1n) is 11.6. The van der Waals surface area contributed by atoms with Crippen molar-refractivity contribution < 1.29 is 19.4 Å². The Bertz CT molecular complexity index is 678. The summed E-state index contributed by atoms with van der Waals surface area (Å²) in [6, 6.07) is 0. The summed E-state index contributed by atoms with van der Waals surface area (Å²) in [5, 5.41) is 10.3. The Morgan fingerprint density at radius 1 is 1.10 bits per heavy atom. The molecule has 5 heteroatoms. The van der Waals surface area contributed by atoms with Crippen LogP contribution in [0, 0.1) is 40.4 Å². The van der Waals surface area contributed by atoms with E-state index in [1.807, 2.05) is 6.92 Å². The molecule has 4 aliphatic rings. The summed E-state index contributed by atoms with van der Waals surface area (Å²) in [5.74, 6) is 2.11. The first-order chi connectivity index (χ1) is 13.6. The molecule has 0 aromatic rings. The number of aliphatic hydroxyl groups excluding tert-OH is 1. The van der Waals surface area contributed by atoms with E-state index in [0.29, 0.717) is 29.5 Å². The van der Waals surface area contributed by atoms with Crippen molar-refractivity contribution in [2.24, 2.45) is 40.4 Å². The Hall–Kier alpha value is -0.420. The predicted molar refractivity (Wildman–Crippen MR) is 116 cm³/mol. The van der Waals surface area contributed by atoms with E-state index < -0.39 is 0 Å². The normalized spacial score (nSPS) is 50.1. The average molecular weight is 469 g/mol. The molecule has 0 aromatic heterocycles. The number of ketones is 1. The van der Waals surface area contributed by atoms with Gasteiger partial charge in [-0.1, -0.05) is 29.8 Å². The van der Waals surface area contributed by atoms with Crippen molar-refractivity contribution in [3.05, 3.63) is 0 Å². The van der Waals surface area contributed by atoms with Crippen LogP contribution in [0.4, 0.5) is 0 Å². The summed E-state index contributed by atoms with van der Waals surface area (Å²) in [4.78, 5) is 24.8. The van der Waals surface area contributed by atoms with Gasteiger partial charge in [-0.05, 0) is 93.8 Å². The topological polar surface area (TPSA) is 63.6 Å². The SMILES string of the molecule is CC(=O)[C@H]1CC[C@H]2[C@@H]3CC[C@H]4C[C@H](O)CC[C@]4(C)[C@H]3[C@@H](OC(=O)C(C)Br)C[C@]12C. The van der Waals surface area contributed by atoms with Gasteiger partial charge in [-0.15, -0.1) is 0 Å². The van der Waals surface area contributed by atoms with Gasteiger partial charge >= 0.3 is 5.97 Å². The van der Waals surface area contributed by atoms with Gasteiger partial charge in [0.15, 0.2) is 0 Å². The lowest BCUT2D eigenvalue weighted by atomic mass is 9.43. The van der Waals surface area contributed by atoms with Crippen LogP contribution in [0.2, 0.25) is 0 Å². The molecule has 0 spiro atoms. The van der Waals surface area contributed by atoms with Gasteiger partial charge in [-0.2, -0.15) is 0 Å². The van der Waals surface area contributed by atoms with Gasteiger partial charge in [-0.3, -0.25) is 9.59 Å². The molecule has 29 heavy (non-hydrogen) atoms. The summed E-state index contributed by atoms with van der Waals surface area (Å²) >= 11 is 3.39. The number of hydrogen-bond acceptors (Lipinski definition) is 4. The number of esters is 1. The fourth-order valence-electron chi connectivity index (χ4n) is 8.34. The quantitative estimate of drug-likeness (QED) is 0.472. The minimum Gasteiger partial charge on any atom is -0.461 e. The van der Waals surface area contributed by atoms with Gasteiger partial charge in [0.1, 0.15) is 16.7 Å². The Kier molecular flexibility index (Phi) is 5.72. The van der Waals surface area contributed by atoms with E-state index in [9.17, 15) is 14.7 Å². The second-order valence-corrected chi connectivity index (χ2v) is 12.4. The number of carbonyl (C=O) groups is 2. The van der Waals surface area contributed by atoms with Crippen molar-refractivity contribution in [1.29, 1.82) is 0 Å². The fourth-order valence-corrected chi connectivity index (χ4v) is 8.45. The first kappa shape index (κ1) is 21.8. The Balaban J connectivity index is 1.72. The zero-order chi connectivity index (χ0) is 21.1. The molecule has 10 atom stereocenters. The first-order valence-corrected chi connectivity index (χ1v) is 12.5. The van der Waals surface area contributed by atoms with E-state index in [0.717, 1.165) is 51.4 Å². The molecule has 0 bridgehead atoms. The second-order valence-electron chi connectivity index (χ2n) is 11.0. The van der Waals surface area contributed by atoms with Crippen molar-refractivity contribution in [2.75, 3.05) is 0 Å². The molecule has 4 saturated carbocycles. The van der Waals surface area contributed by atoms with Crippen molar-refractivity contribution in [3.8, 4) is 0 Å². The van der Waals surface area contributed by atoms with Crippen LogP contribution in [0.15, 0.2) is 0 Å². The van der Waals surface area contributed by atoms with Crippen molar-refractivity contribution in [3.63, 3.8) is 0 Å². The molecule has 0 radical (unpaired) electrons. The predicted octanol–water partition coefficient (Wildman–Crippen LogP) is 4.90. The number of ether oxygens (including phenoxy) is 1. The molecular weight excluding hydrogens is 432 g/mol. The monoisotopic (exact) mass is 468 g/mol. The Morgan fingerprint density at radius 2 is 1.83 bits per heavy atom. The van der Waals surface area contributed by atoms with E-state index in [1.165, 1.54) is 0 Å². The molecule has 4 aliphatic carbocycles. The molecule has 4 nitrogen and oxygen atoms in total. The summed E-state index contributed by atoms with van der Waals surface area (Å²) in [6.07, 6.45) is 7.64. The van der Waals surface area contributed by atoms with Crippen LogP contribution in [0.5, 0.6) is 0 Å². The van der Waals surface area contributed by atoms with Gasteiger partial charge in [0.05, 0.1) is 6.10 Å². The van der Waals surface area contributed by atoms with Crippen molar-refractivity contribution >= 4 is 27.7 Å². The molecular formula is C24H37BrO4. The van der Waals surface area contributed by atoms with Crippen LogP contribution in [0.1, 0.15) is 79.1 Å². The second kappa shape index (κ2) is 7.62. The van der Waals surface area contributed by atoms with Crippen LogP contribution in [-0.2, 0) is 14.3 Å². The molecule has 4 rings (SSSR count). The summed E-state index contributed by atoms with van der Waals surface area (Å²) < 4.78 is 6.21. The standard InChI is InChI=1S/C24H37BrO4/c1-13(25)22(28)29-20-12-24(4)18(14(2)26)7-8-19(24)17-6-5-15-11-16(27)9-10-23(15,3)21(17)20/h13,15-21,27H,5-12H2,1-4H3/t13?,15-,16+,17-,18+,19-,20-,21+,23-,24+/m0/s1.